The van der Waals surface area contributed by atoms with Gasteiger partial charge in [0, 0.05) is 6.07 Å². The van der Waals surface area contributed by atoms with E-state index in [0.29, 0.717) is 6.42 Å². The number of hydrogen-bond acceptors (Lipinski definition) is 3. The number of carbonyl (C=O) groups is 1. The first-order valence-corrected chi connectivity index (χ1v) is 5.53. The second-order valence-corrected chi connectivity index (χ2v) is 4.48. The number of halogens is 2. The van der Waals surface area contributed by atoms with E-state index in [0.717, 1.165) is 12.3 Å². The van der Waals surface area contributed by atoms with E-state index in [-0.39, 0.29) is 10.8 Å². The van der Waals surface area contributed by atoms with Gasteiger partial charge < -0.3 is 4.74 Å². The zero-order valence-corrected chi connectivity index (χ0v) is 10.6. The Labute approximate surface area is 104 Å². The van der Waals surface area contributed by atoms with Gasteiger partial charge in [0.05, 0.1) is 11.9 Å². The van der Waals surface area contributed by atoms with Crippen molar-refractivity contribution in [3.63, 3.8) is 0 Å². The van der Waals surface area contributed by atoms with Gasteiger partial charge in [0.25, 0.3) is 0 Å². The lowest BCUT2D eigenvalue weighted by molar-refractivity contribution is 0.0462. The van der Waals surface area contributed by atoms with Gasteiger partial charge >= 0.3 is 6.09 Å². The molecule has 0 aliphatic carbocycles. The van der Waals surface area contributed by atoms with Crippen molar-refractivity contribution in [3.05, 3.63) is 23.2 Å². The molecule has 0 saturated heterocycles. The zero-order chi connectivity index (χ0) is 13.1. The summed E-state index contributed by atoms with van der Waals surface area (Å²) in [6.07, 6.45) is 0.941. The van der Waals surface area contributed by atoms with Gasteiger partial charge in [0.15, 0.2) is 5.15 Å². The Bertz CT molecular complexity index is 424. The molecule has 1 heterocycles. The van der Waals surface area contributed by atoms with E-state index in [4.69, 9.17) is 16.3 Å². The molecule has 1 rings (SSSR count). The van der Waals surface area contributed by atoms with Crippen molar-refractivity contribution in [1.29, 1.82) is 0 Å². The van der Waals surface area contributed by atoms with Crippen molar-refractivity contribution in [1.82, 2.24) is 4.98 Å². The molecule has 94 valence electrons. The van der Waals surface area contributed by atoms with Crippen molar-refractivity contribution in [3.8, 4) is 0 Å². The molecule has 0 fully saturated rings. The van der Waals surface area contributed by atoms with Gasteiger partial charge in [-0.15, -0.1) is 0 Å². The van der Waals surface area contributed by atoms with Crippen LogP contribution in [0.5, 0.6) is 0 Å². The van der Waals surface area contributed by atoms with Crippen LogP contribution in [0.25, 0.3) is 0 Å². The SMILES string of the molecule is CCC(C)(C)OC(=O)Nc1cc(F)cnc1Cl. The molecule has 17 heavy (non-hydrogen) atoms. The molecule has 0 radical (unpaired) electrons. The normalized spacial score (nSPS) is 11.1. The number of ether oxygens (including phenoxy) is 1. The molecule has 0 bridgehead atoms. The Balaban J connectivity index is 2.71. The lowest BCUT2D eigenvalue weighted by Crippen LogP contribution is -2.29. The number of nitrogens with one attached hydrogen (secondary N) is 1. The fraction of sp³-hybridized carbons (Fsp3) is 0.455. The van der Waals surface area contributed by atoms with Crippen LogP contribution < -0.4 is 5.32 Å². The van der Waals surface area contributed by atoms with Crippen LogP contribution in [-0.2, 0) is 4.74 Å². The molecule has 1 N–H and O–H groups in total. The summed E-state index contributed by atoms with van der Waals surface area (Å²) in [6, 6.07) is 1.08. The summed E-state index contributed by atoms with van der Waals surface area (Å²) in [4.78, 5) is 15.1. The van der Waals surface area contributed by atoms with Crippen molar-refractivity contribution in [2.24, 2.45) is 0 Å². The number of hydrogen-bond donors (Lipinski definition) is 1. The average Bonchev–Trinajstić information content (AvgIpc) is 2.23. The highest BCUT2D eigenvalue weighted by Crippen LogP contribution is 2.21. The highest BCUT2D eigenvalue weighted by Gasteiger charge is 2.21. The molecule has 0 aliphatic heterocycles. The first-order chi connectivity index (χ1) is 7.84. The fourth-order valence-corrected chi connectivity index (χ4v) is 1.12. The molecule has 4 nitrogen and oxygen atoms in total. The Hall–Kier alpha value is -1.36. The third-order valence-corrected chi connectivity index (χ3v) is 2.56. The van der Waals surface area contributed by atoms with Gasteiger partial charge in [-0.3, -0.25) is 5.32 Å². The lowest BCUT2D eigenvalue weighted by atomic mass is 10.1. The van der Waals surface area contributed by atoms with Crippen LogP contribution in [0.4, 0.5) is 14.9 Å². The standard InChI is InChI=1S/C11H14ClFN2O2/c1-4-11(2,3)17-10(16)15-8-5-7(13)6-14-9(8)12/h5-6H,4H2,1-3H3,(H,15,16). The second kappa shape index (κ2) is 5.31. The highest BCUT2D eigenvalue weighted by atomic mass is 35.5. The first-order valence-electron chi connectivity index (χ1n) is 5.15. The topological polar surface area (TPSA) is 51.2 Å². The minimum atomic E-state index is -0.689. The zero-order valence-electron chi connectivity index (χ0n) is 9.88. The summed E-state index contributed by atoms with van der Waals surface area (Å²) in [5.74, 6) is -0.584. The van der Waals surface area contributed by atoms with Crippen molar-refractivity contribution >= 4 is 23.4 Å². The molecular weight excluding hydrogens is 247 g/mol. The maximum Gasteiger partial charge on any atom is 0.412 e. The third kappa shape index (κ3) is 4.19. The summed E-state index contributed by atoms with van der Waals surface area (Å²) in [5.41, 5.74) is -0.499. The Morgan fingerprint density at radius 2 is 2.29 bits per heavy atom. The largest absolute Gasteiger partial charge is 0.443 e. The predicted molar refractivity (Wildman–Crippen MR) is 63.7 cm³/mol. The molecule has 0 unspecified atom stereocenters. The molecule has 1 aromatic heterocycles. The second-order valence-electron chi connectivity index (χ2n) is 4.12. The summed E-state index contributed by atoms with van der Waals surface area (Å²) in [5, 5.41) is 2.36. The summed E-state index contributed by atoms with van der Waals surface area (Å²) < 4.78 is 18.0. The Morgan fingerprint density at radius 1 is 1.65 bits per heavy atom. The molecule has 6 heteroatoms. The van der Waals surface area contributed by atoms with E-state index in [1.807, 2.05) is 6.92 Å². The molecule has 1 amide bonds. The lowest BCUT2D eigenvalue weighted by Gasteiger charge is -2.23. The minimum Gasteiger partial charge on any atom is -0.443 e. The summed E-state index contributed by atoms with van der Waals surface area (Å²) >= 11 is 5.70. The van der Waals surface area contributed by atoms with E-state index >= 15 is 0 Å². The minimum absolute atomic E-state index is 0.0117. The fourth-order valence-electron chi connectivity index (χ4n) is 0.969. The van der Waals surface area contributed by atoms with Gasteiger partial charge in [-0.1, -0.05) is 18.5 Å². The summed E-state index contributed by atoms with van der Waals surface area (Å²) in [7, 11) is 0. The van der Waals surface area contributed by atoms with Crippen LogP contribution in [0.15, 0.2) is 12.3 Å². The van der Waals surface area contributed by atoms with Crippen LogP contribution >= 0.6 is 11.6 Å². The number of pyridine rings is 1. The van der Waals surface area contributed by atoms with Crippen LogP contribution in [0, 0.1) is 5.82 Å². The van der Waals surface area contributed by atoms with Gasteiger partial charge in [-0.25, -0.2) is 14.2 Å². The van der Waals surface area contributed by atoms with Crippen LogP contribution in [0.2, 0.25) is 5.15 Å². The van der Waals surface area contributed by atoms with E-state index in [1.165, 1.54) is 0 Å². The number of anilines is 1. The number of carbonyl (C=O) groups excluding carboxylic acids is 1. The molecule has 0 atom stereocenters. The highest BCUT2D eigenvalue weighted by molar-refractivity contribution is 6.32. The monoisotopic (exact) mass is 260 g/mol. The van der Waals surface area contributed by atoms with Crippen molar-refractivity contribution in [2.45, 2.75) is 32.8 Å². The van der Waals surface area contributed by atoms with Crippen LogP contribution in [0.3, 0.4) is 0 Å². The molecule has 0 spiro atoms. The number of nitrogens with zero attached hydrogens (tertiary/aromatic N) is 1. The first kappa shape index (κ1) is 13.7. The Morgan fingerprint density at radius 3 is 2.88 bits per heavy atom. The van der Waals surface area contributed by atoms with E-state index in [1.54, 1.807) is 13.8 Å². The predicted octanol–water partition coefficient (Wildman–Crippen LogP) is 3.61. The number of aromatic nitrogens is 1. The number of rotatable bonds is 3. The van der Waals surface area contributed by atoms with Gasteiger partial charge in [-0.2, -0.15) is 0 Å². The molecule has 0 aromatic carbocycles. The molecule has 0 aliphatic rings. The van der Waals surface area contributed by atoms with Gasteiger partial charge in [0.2, 0.25) is 0 Å². The maximum absolute atomic E-state index is 12.9. The average molecular weight is 261 g/mol. The maximum atomic E-state index is 12.9. The van der Waals surface area contributed by atoms with Crippen LogP contribution in [0.1, 0.15) is 27.2 Å². The third-order valence-electron chi connectivity index (χ3n) is 2.26. The van der Waals surface area contributed by atoms with E-state index in [9.17, 15) is 9.18 Å². The molecule has 1 aromatic rings. The molecular formula is C11H14ClFN2O2. The number of amides is 1. The van der Waals surface area contributed by atoms with E-state index < -0.39 is 17.5 Å². The van der Waals surface area contributed by atoms with Crippen molar-refractivity contribution < 1.29 is 13.9 Å². The Kier molecular flexibility index (Phi) is 4.28. The van der Waals surface area contributed by atoms with Gasteiger partial charge in [0.1, 0.15) is 11.4 Å². The summed E-state index contributed by atoms with van der Waals surface area (Å²) in [6.45, 7) is 5.44. The quantitative estimate of drug-likeness (QED) is 0.845. The smallest absolute Gasteiger partial charge is 0.412 e. The molecule has 0 saturated carbocycles. The van der Waals surface area contributed by atoms with E-state index in [2.05, 4.69) is 10.3 Å². The van der Waals surface area contributed by atoms with Gasteiger partial charge in [-0.05, 0) is 20.3 Å². The van der Waals surface area contributed by atoms with Crippen LogP contribution in [-0.4, -0.2) is 16.7 Å². The van der Waals surface area contributed by atoms with Crippen molar-refractivity contribution in [2.75, 3.05) is 5.32 Å².